The molecule has 1 aromatic carbocycles. The Morgan fingerprint density at radius 2 is 1.94 bits per heavy atom. The summed E-state index contributed by atoms with van der Waals surface area (Å²) >= 11 is 0. The molecule has 1 aromatic rings. The van der Waals surface area contributed by atoms with Gasteiger partial charge in [-0.1, -0.05) is 19.1 Å². The van der Waals surface area contributed by atoms with Gasteiger partial charge in [0.1, 0.15) is 0 Å². The summed E-state index contributed by atoms with van der Waals surface area (Å²) < 4.78 is 10.9. The molecule has 0 saturated heterocycles. The lowest BCUT2D eigenvalue weighted by Gasteiger charge is -2.06. The Hall–Kier alpha value is -1.16. The second kappa shape index (κ2) is 5.25. The minimum Gasteiger partial charge on any atom is -0.352 e. The van der Waals surface area contributed by atoms with Crippen molar-refractivity contribution in [3.63, 3.8) is 0 Å². The number of carbonyl (C=O) groups is 1. The van der Waals surface area contributed by atoms with Crippen LogP contribution in [0.4, 0.5) is 0 Å². The van der Waals surface area contributed by atoms with Crippen LogP contribution in [-0.4, -0.2) is 15.7 Å². The third-order valence-electron chi connectivity index (χ3n) is 2.00. The van der Waals surface area contributed by atoms with Crippen LogP contribution in [0.15, 0.2) is 24.3 Å². The molecular weight excluding hydrogens is 229 g/mol. The summed E-state index contributed by atoms with van der Waals surface area (Å²) in [5.41, 5.74) is 0.785. The molecular formula is C10H13NO4P. The molecule has 0 saturated carbocycles. The van der Waals surface area contributed by atoms with Gasteiger partial charge in [0.25, 0.3) is 0 Å². The topological polar surface area (TPSA) is 86.6 Å². The van der Waals surface area contributed by atoms with Crippen LogP contribution in [0.25, 0.3) is 0 Å². The van der Waals surface area contributed by atoms with Crippen LogP contribution in [0, 0.1) is 6.42 Å². The van der Waals surface area contributed by atoms with Crippen molar-refractivity contribution in [3.05, 3.63) is 36.2 Å². The summed E-state index contributed by atoms with van der Waals surface area (Å²) in [5, 5.41) is 2.59. The molecule has 0 unspecified atom stereocenters. The summed E-state index contributed by atoms with van der Waals surface area (Å²) in [7, 11) is -4.18. The molecule has 0 spiro atoms. The van der Waals surface area contributed by atoms with Gasteiger partial charge < -0.3 is 15.1 Å². The molecule has 16 heavy (non-hydrogen) atoms. The van der Waals surface area contributed by atoms with Gasteiger partial charge in [0.15, 0.2) is 0 Å². The summed E-state index contributed by atoms with van der Waals surface area (Å²) in [6.07, 6.45) is 1.41. The van der Waals surface area contributed by atoms with Crippen molar-refractivity contribution in [2.75, 3.05) is 0 Å². The van der Waals surface area contributed by atoms with Gasteiger partial charge >= 0.3 is 7.60 Å². The van der Waals surface area contributed by atoms with Gasteiger partial charge in [0, 0.05) is 13.0 Å². The van der Waals surface area contributed by atoms with Crippen molar-refractivity contribution in [2.45, 2.75) is 13.5 Å². The van der Waals surface area contributed by atoms with Crippen LogP contribution >= 0.6 is 7.60 Å². The Labute approximate surface area is 93.7 Å². The highest BCUT2D eigenvalue weighted by molar-refractivity contribution is 7.60. The molecule has 1 radical (unpaired) electrons. The van der Waals surface area contributed by atoms with Crippen molar-refractivity contribution >= 4 is 18.8 Å². The van der Waals surface area contributed by atoms with Crippen LogP contribution in [0.1, 0.15) is 12.5 Å². The molecule has 0 fully saturated rings. The Kier molecular flexibility index (Phi) is 4.24. The number of hydrogen-bond acceptors (Lipinski definition) is 2. The van der Waals surface area contributed by atoms with Gasteiger partial charge in [-0.3, -0.25) is 9.36 Å². The second-order valence-corrected chi connectivity index (χ2v) is 4.82. The third kappa shape index (κ3) is 3.77. The van der Waals surface area contributed by atoms with Gasteiger partial charge in [-0.15, -0.1) is 0 Å². The normalized spacial score (nSPS) is 11.2. The molecule has 1 rings (SSSR count). The van der Waals surface area contributed by atoms with E-state index in [0.29, 0.717) is 6.54 Å². The number of nitrogens with one attached hydrogen (secondary N) is 1. The Bertz CT molecular complexity index is 409. The van der Waals surface area contributed by atoms with Crippen molar-refractivity contribution in [3.8, 4) is 0 Å². The first kappa shape index (κ1) is 12.9. The number of amides is 1. The van der Waals surface area contributed by atoms with E-state index in [1.165, 1.54) is 18.6 Å². The van der Waals surface area contributed by atoms with E-state index in [0.717, 1.165) is 5.56 Å². The average Bonchev–Trinajstić information content (AvgIpc) is 2.25. The van der Waals surface area contributed by atoms with Crippen LogP contribution in [0.2, 0.25) is 0 Å². The molecule has 6 heteroatoms. The molecule has 1 amide bonds. The molecule has 0 aliphatic heterocycles. The van der Waals surface area contributed by atoms with E-state index < -0.39 is 7.60 Å². The van der Waals surface area contributed by atoms with Crippen LogP contribution in [0.3, 0.4) is 0 Å². The minimum atomic E-state index is -4.18. The summed E-state index contributed by atoms with van der Waals surface area (Å²) in [4.78, 5) is 28.7. The third-order valence-corrected chi connectivity index (χ3v) is 2.97. The Balaban J connectivity index is 2.65. The zero-order valence-electron chi connectivity index (χ0n) is 8.75. The lowest BCUT2D eigenvalue weighted by atomic mass is 10.2. The average molecular weight is 242 g/mol. The second-order valence-electron chi connectivity index (χ2n) is 3.22. The maximum atomic E-state index is 10.9. The molecule has 3 N–H and O–H groups in total. The van der Waals surface area contributed by atoms with E-state index in [4.69, 9.17) is 9.79 Å². The first-order valence-corrected chi connectivity index (χ1v) is 6.27. The SMILES string of the molecule is C[CH]C(=O)NCc1ccc(P(=O)(O)O)cc1. The molecule has 5 nitrogen and oxygen atoms in total. The highest BCUT2D eigenvalue weighted by atomic mass is 31.2. The fourth-order valence-electron chi connectivity index (χ4n) is 1.10. The van der Waals surface area contributed by atoms with E-state index in [1.54, 1.807) is 19.1 Å². The van der Waals surface area contributed by atoms with Crippen LogP contribution < -0.4 is 10.6 Å². The minimum absolute atomic E-state index is 0.0235. The standard InChI is InChI=1S/C10H13NO4P/c1-2-10(12)11-7-8-3-5-9(6-4-8)16(13,14)15/h2-6H,7H2,1H3,(H,11,12)(H2,13,14,15). The zero-order chi connectivity index (χ0) is 12.2. The quantitative estimate of drug-likeness (QED) is 0.664. The van der Waals surface area contributed by atoms with E-state index in [9.17, 15) is 9.36 Å². The van der Waals surface area contributed by atoms with Gasteiger partial charge in [-0.2, -0.15) is 0 Å². The van der Waals surface area contributed by atoms with Gasteiger partial charge in [-0.05, 0) is 17.7 Å². The van der Waals surface area contributed by atoms with Gasteiger partial charge in [-0.25, -0.2) is 0 Å². The lowest BCUT2D eigenvalue weighted by Crippen LogP contribution is -2.22. The van der Waals surface area contributed by atoms with Crippen molar-refractivity contribution in [1.29, 1.82) is 0 Å². The van der Waals surface area contributed by atoms with Gasteiger partial charge in [0.05, 0.1) is 5.30 Å². The molecule has 0 aliphatic rings. The first-order valence-electron chi connectivity index (χ1n) is 4.65. The van der Waals surface area contributed by atoms with E-state index in [-0.39, 0.29) is 11.2 Å². The van der Waals surface area contributed by atoms with Gasteiger partial charge in [0.2, 0.25) is 5.91 Å². The Morgan fingerprint density at radius 3 is 2.38 bits per heavy atom. The summed E-state index contributed by atoms with van der Waals surface area (Å²) in [5.74, 6) is -0.181. The van der Waals surface area contributed by atoms with Crippen LogP contribution in [0.5, 0.6) is 0 Å². The fourth-order valence-corrected chi connectivity index (χ4v) is 1.64. The summed E-state index contributed by atoms with van der Waals surface area (Å²) in [6, 6.07) is 5.87. The molecule has 0 heterocycles. The zero-order valence-corrected chi connectivity index (χ0v) is 9.65. The van der Waals surface area contributed by atoms with E-state index in [1.807, 2.05) is 0 Å². The van der Waals surface area contributed by atoms with E-state index in [2.05, 4.69) is 5.32 Å². The van der Waals surface area contributed by atoms with Crippen molar-refractivity contribution in [1.82, 2.24) is 5.32 Å². The molecule has 0 aliphatic carbocycles. The highest BCUT2D eigenvalue weighted by Gasteiger charge is 2.15. The predicted molar refractivity (Wildman–Crippen MR) is 59.9 cm³/mol. The summed E-state index contributed by atoms with van der Waals surface area (Å²) in [6.45, 7) is 1.97. The lowest BCUT2D eigenvalue weighted by molar-refractivity contribution is -0.117. The molecule has 0 bridgehead atoms. The van der Waals surface area contributed by atoms with E-state index >= 15 is 0 Å². The predicted octanol–water partition coefficient (Wildman–Crippen LogP) is 0.330. The first-order chi connectivity index (χ1) is 7.43. The monoisotopic (exact) mass is 242 g/mol. The van der Waals surface area contributed by atoms with Crippen molar-refractivity contribution < 1.29 is 19.1 Å². The fraction of sp³-hybridized carbons (Fsp3) is 0.200. The number of carbonyl (C=O) groups excluding carboxylic acids is 1. The van der Waals surface area contributed by atoms with Crippen LogP contribution in [-0.2, 0) is 15.9 Å². The largest absolute Gasteiger partial charge is 0.356 e. The number of benzene rings is 1. The number of hydrogen-bond donors (Lipinski definition) is 3. The smallest absolute Gasteiger partial charge is 0.352 e. The highest BCUT2D eigenvalue weighted by Crippen LogP contribution is 2.32. The van der Waals surface area contributed by atoms with Crippen molar-refractivity contribution in [2.24, 2.45) is 0 Å². The number of rotatable bonds is 4. The Morgan fingerprint density at radius 1 is 1.38 bits per heavy atom. The maximum absolute atomic E-state index is 10.9. The molecule has 87 valence electrons. The molecule has 0 atom stereocenters. The molecule has 0 aromatic heterocycles. The maximum Gasteiger partial charge on any atom is 0.356 e.